The topological polar surface area (TPSA) is 71.5 Å². The maximum atomic E-state index is 12.7. The first-order valence-electron chi connectivity index (χ1n) is 9.08. The highest BCUT2D eigenvalue weighted by atomic mass is 32.2. The fraction of sp³-hybridized carbons (Fsp3) is 0.143. The Morgan fingerprint density at radius 2 is 2.10 bits per heavy atom. The summed E-state index contributed by atoms with van der Waals surface area (Å²) in [6, 6.07) is 15.1. The average Bonchev–Trinajstić information content (AvgIpc) is 3.26. The van der Waals surface area contributed by atoms with Gasteiger partial charge in [0.1, 0.15) is 10.1 Å². The van der Waals surface area contributed by atoms with E-state index in [0.29, 0.717) is 20.1 Å². The van der Waals surface area contributed by atoms with Gasteiger partial charge in [-0.25, -0.2) is 4.98 Å². The first-order valence-corrected chi connectivity index (χ1v) is 11.1. The summed E-state index contributed by atoms with van der Waals surface area (Å²) in [6.45, 7) is 0.219. The number of fused-ring (bicyclic) bond motifs is 1. The van der Waals surface area contributed by atoms with E-state index in [2.05, 4.69) is 10.3 Å². The molecule has 0 saturated carbocycles. The smallest absolute Gasteiger partial charge is 0.266 e. The zero-order chi connectivity index (χ0) is 21.1. The number of hydrogen-bond donors (Lipinski definition) is 1. The number of thiocarbonyl (C=S) groups is 1. The lowest BCUT2D eigenvalue weighted by atomic mass is 10.2. The molecular weight excluding hydrogens is 438 g/mol. The number of nitrogens with one attached hydrogen (secondary N) is 1. The van der Waals surface area contributed by atoms with Crippen molar-refractivity contribution in [2.24, 2.45) is 0 Å². The molecule has 9 heteroatoms. The van der Waals surface area contributed by atoms with Crippen LogP contribution >= 0.6 is 35.3 Å². The lowest BCUT2D eigenvalue weighted by Gasteiger charge is -2.13. The number of rotatable bonds is 6. The average molecular weight is 456 g/mol. The van der Waals surface area contributed by atoms with E-state index in [0.717, 1.165) is 15.8 Å². The van der Waals surface area contributed by atoms with Gasteiger partial charge in [0, 0.05) is 13.0 Å². The number of methoxy groups -OCH3 is 1. The second-order valence-corrected chi connectivity index (χ2v) is 9.10. The number of carbonyl (C=O) groups excluding carboxylic acids is 2. The van der Waals surface area contributed by atoms with Crippen LogP contribution in [-0.2, 0) is 9.59 Å². The van der Waals surface area contributed by atoms with Gasteiger partial charge in [0.2, 0.25) is 5.91 Å². The summed E-state index contributed by atoms with van der Waals surface area (Å²) in [5.41, 5.74) is 1.70. The first-order chi connectivity index (χ1) is 14.5. The number of nitrogens with zero attached hydrogens (tertiary/aromatic N) is 2. The van der Waals surface area contributed by atoms with Crippen LogP contribution in [0.5, 0.6) is 5.75 Å². The van der Waals surface area contributed by atoms with Gasteiger partial charge < -0.3 is 10.1 Å². The first kappa shape index (κ1) is 20.5. The van der Waals surface area contributed by atoms with Crippen molar-refractivity contribution in [3.05, 3.63) is 59.0 Å². The molecule has 1 aromatic heterocycles. The Bertz CT molecular complexity index is 1140. The molecule has 30 heavy (non-hydrogen) atoms. The fourth-order valence-electron chi connectivity index (χ4n) is 2.90. The summed E-state index contributed by atoms with van der Waals surface area (Å²) in [7, 11) is 1.60. The fourth-order valence-corrected chi connectivity index (χ4v) is 5.09. The maximum Gasteiger partial charge on any atom is 0.266 e. The van der Waals surface area contributed by atoms with E-state index >= 15 is 0 Å². The van der Waals surface area contributed by atoms with Crippen molar-refractivity contribution in [2.45, 2.75) is 6.42 Å². The molecule has 0 unspecified atom stereocenters. The number of hydrogen-bond acceptors (Lipinski definition) is 7. The summed E-state index contributed by atoms with van der Waals surface area (Å²) < 4.78 is 6.67. The molecule has 2 heterocycles. The van der Waals surface area contributed by atoms with Crippen LogP contribution in [0.15, 0.2) is 53.4 Å². The summed E-state index contributed by atoms with van der Waals surface area (Å²) in [5, 5.41) is 3.35. The van der Waals surface area contributed by atoms with Crippen LogP contribution in [0.25, 0.3) is 16.3 Å². The number of para-hydroxylation sites is 1. The molecule has 152 valence electrons. The molecule has 0 aliphatic carbocycles. The lowest BCUT2D eigenvalue weighted by molar-refractivity contribution is -0.122. The zero-order valence-corrected chi connectivity index (χ0v) is 18.4. The number of benzene rings is 2. The van der Waals surface area contributed by atoms with E-state index in [1.807, 2.05) is 48.5 Å². The number of amides is 2. The van der Waals surface area contributed by atoms with E-state index in [4.69, 9.17) is 17.0 Å². The predicted octanol–water partition coefficient (Wildman–Crippen LogP) is 4.53. The Morgan fingerprint density at radius 1 is 1.27 bits per heavy atom. The van der Waals surface area contributed by atoms with Gasteiger partial charge in [-0.05, 0) is 35.9 Å². The summed E-state index contributed by atoms with van der Waals surface area (Å²) in [6.07, 6.45) is 1.91. The van der Waals surface area contributed by atoms with Crippen LogP contribution < -0.4 is 10.1 Å². The van der Waals surface area contributed by atoms with Crippen molar-refractivity contribution >= 4 is 72.9 Å². The molecule has 2 amide bonds. The van der Waals surface area contributed by atoms with E-state index in [1.165, 1.54) is 28.0 Å². The number of carbonyl (C=O) groups is 2. The number of anilines is 1. The van der Waals surface area contributed by atoms with Gasteiger partial charge >= 0.3 is 0 Å². The molecule has 6 nitrogen and oxygen atoms in total. The van der Waals surface area contributed by atoms with Crippen LogP contribution in [0.4, 0.5) is 5.13 Å². The Kier molecular flexibility index (Phi) is 6.12. The second-order valence-electron chi connectivity index (χ2n) is 6.39. The number of aromatic nitrogens is 1. The largest absolute Gasteiger partial charge is 0.497 e. The Labute approximate surface area is 186 Å². The second kappa shape index (κ2) is 8.95. The maximum absolute atomic E-state index is 12.7. The zero-order valence-electron chi connectivity index (χ0n) is 16.0. The van der Waals surface area contributed by atoms with Crippen molar-refractivity contribution in [1.82, 2.24) is 9.88 Å². The van der Waals surface area contributed by atoms with Crippen molar-refractivity contribution in [1.29, 1.82) is 0 Å². The van der Waals surface area contributed by atoms with Crippen LogP contribution in [0.3, 0.4) is 0 Å². The predicted molar refractivity (Wildman–Crippen MR) is 126 cm³/mol. The standard InChI is InChI=1S/C21H17N3O3S3/c1-27-14-6-4-5-13(11-14)12-17-19(26)24(21(28)30-17)10-9-18(25)23-20-22-15-7-2-3-8-16(15)29-20/h2-8,11-12H,9-10H2,1H3,(H,22,23,25)/b17-12-. The highest BCUT2D eigenvalue weighted by Crippen LogP contribution is 2.33. The minimum atomic E-state index is -0.208. The van der Waals surface area contributed by atoms with Crippen molar-refractivity contribution < 1.29 is 14.3 Å². The summed E-state index contributed by atoms with van der Waals surface area (Å²) >= 11 is 8.00. The van der Waals surface area contributed by atoms with Crippen LogP contribution in [0, 0.1) is 0 Å². The van der Waals surface area contributed by atoms with Crippen molar-refractivity contribution in [2.75, 3.05) is 19.0 Å². The van der Waals surface area contributed by atoms with Gasteiger partial charge in [-0.3, -0.25) is 14.5 Å². The monoisotopic (exact) mass is 455 g/mol. The van der Waals surface area contributed by atoms with Crippen molar-refractivity contribution in [3.8, 4) is 5.75 Å². The van der Waals surface area contributed by atoms with Gasteiger partial charge in [-0.1, -0.05) is 59.6 Å². The van der Waals surface area contributed by atoms with Gasteiger partial charge in [-0.15, -0.1) is 0 Å². The molecule has 0 spiro atoms. The Balaban J connectivity index is 1.38. The summed E-state index contributed by atoms with van der Waals surface area (Å²) in [4.78, 5) is 31.5. The quantitative estimate of drug-likeness (QED) is 0.435. The van der Waals surface area contributed by atoms with E-state index in [1.54, 1.807) is 13.2 Å². The molecule has 0 radical (unpaired) electrons. The molecule has 4 rings (SSSR count). The SMILES string of the molecule is COc1cccc(/C=C2\SC(=S)N(CCC(=O)Nc3nc4ccccc4s3)C2=O)c1. The van der Waals surface area contributed by atoms with Gasteiger partial charge in [0.15, 0.2) is 5.13 Å². The molecule has 2 aromatic carbocycles. The molecule has 1 N–H and O–H groups in total. The van der Waals surface area contributed by atoms with Crippen molar-refractivity contribution in [3.63, 3.8) is 0 Å². The van der Waals surface area contributed by atoms with E-state index < -0.39 is 0 Å². The normalized spacial score (nSPS) is 15.2. The minimum Gasteiger partial charge on any atom is -0.497 e. The number of ether oxygens (including phenoxy) is 1. The Morgan fingerprint density at radius 3 is 2.90 bits per heavy atom. The van der Waals surface area contributed by atoms with Crippen LogP contribution in [-0.4, -0.2) is 39.7 Å². The highest BCUT2D eigenvalue weighted by molar-refractivity contribution is 8.26. The third kappa shape index (κ3) is 4.53. The highest BCUT2D eigenvalue weighted by Gasteiger charge is 2.32. The molecule has 3 aromatic rings. The molecule has 1 aliphatic rings. The number of thioether (sulfide) groups is 1. The lowest BCUT2D eigenvalue weighted by Crippen LogP contribution is -2.31. The van der Waals surface area contributed by atoms with E-state index in [-0.39, 0.29) is 24.8 Å². The Hall–Kier alpha value is -2.75. The van der Waals surface area contributed by atoms with Gasteiger partial charge in [0.05, 0.1) is 22.2 Å². The third-order valence-electron chi connectivity index (χ3n) is 4.37. The molecule has 1 aliphatic heterocycles. The molecule has 0 atom stereocenters. The number of thiazole rings is 1. The molecular formula is C21H17N3O3S3. The molecule has 0 bridgehead atoms. The summed E-state index contributed by atoms with van der Waals surface area (Å²) in [5.74, 6) is 0.311. The van der Waals surface area contributed by atoms with Gasteiger partial charge in [-0.2, -0.15) is 0 Å². The van der Waals surface area contributed by atoms with Crippen LogP contribution in [0.1, 0.15) is 12.0 Å². The third-order valence-corrected chi connectivity index (χ3v) is 6.70. The van der Waals surface area contributed by atoms with Gasteiger partial charge in [0.25, 0.3) is 5.91 Å². The minimum absolute atomic E-state index is 0.134. The molecule has 1 fully saturated rings. The molecule has 1 saturated heterocycles. The van der Waals surface area contributed by atoms with Crippen LogP contribution in [0.2, 0.25) is 0 Å². The van der Waals surface area contributed by atoms with E-state index in [9.17, 15) is 9.59 Å².